The number of hydrogen-bond donors (Lipinski definition) is 3. The second-order valence-corrected chi connectivity index (χ2v) is 6.94. The van der Waals surface area contributed by atoms with Crippen LogP contribution in [0.4, 0.5) is 11.6 Å². The first-order valence-corrected chi connectivity index (χ1v) is 9.49. The van der Waals surface area contributed by atoms with Crippen LogP contribution in [-0.2, 0) is 0 Å². The van der Waals surface area contributed by atoms with Crippen molar-refractivity contribution in [3.8, 4) is 22.8 Å². The predicted octanol–water partition coefficient (Wildman–Crippen LogP) is 1.25. The fourth-order valence-electron chi connectivity index (χ4n) is 3.51. The van der Waals surface area contributed by atoms with Crippen molar-refractivity contribution in [1.29, 1.82) is 0 Å². The Bertz CT molecular complexity index is 965. The third-order valence-corrected chi connectivity index (χ3v) is 4.89. The van der Waals surface area contributed by atoms with Crippen LogP contribution < -0.4 is 31.6 Å². The Labute approximate surface area is 167 Å². The molecular weight excluding hydrogens is 374 g/mol. The second-order valence-electron chi connectivity index (χ2n) is 6.94. The number of nitrogens with zero attached hydrogens (tertiary/aromatic N) is 4. The van der Waals surface area contributed by atoms with E-state index in [1.54, 1.807) is 6.07 Å². The van der Waals surface area contributed by atoms with Crippen molar-refractivity contribution < 1.29 is 14.3 Å². The van der Waals surface area contributed by atoms with Gasteiger partial charge in [0.25, 0.3) is 0 Å². The first-order valence-electron chi connectivity index (χ1n) is 9.49. The molecule has 1 saturated heterocycles. The molecule has 10 nitrogen and oxygen atoms in total. The molecule has 0 unspecified atom stereocenters. The average Bonchev–Trinajstić information content (AvgIpc) is 2.99. The highest BCUT2D eigenvalue weighted by Gasteiger charge is 2.24. The summed E-state index contributed by atoms with van der Waals surface area (Å²) in [7, 11) is 0. The van der Waals surface area contributed by atoms with Crippen LogP contribution in [0.15, 0.2) is 23.2 Å². The van der Waals surface area contributed by atoms with Crippen LogP contribution in [0.25, 0.3) is 11.3 Å². The first kappa shape index (κ1) is 18.8. The molecule has 0 saturated carbocycles. The van der Waals surface area contributed by atoms with E-state index >= 15 is 0 Å². The number of amides is 1. The first-order chi connectivity index (χ1) is 14.0. The molecule has 0 radical (unpaired) electrons. The van der Waals surface area contributed by atoms with Gasteiger partial charge in [0.15, 0.2) is 34.8 Å². The lowest BCUT2D eigenvalue weighted by Gasteiger charge is -2.24. The lowest BCUT2D eigenvalue weighted by molar-refractivity contribution is 0.0998. The van der Waals surface area contributed by atoms with E-state index in [1.807, 2.05) is 12.1 Å². The molecule has 10 heteroatoms. The number of anilines is 2. The van der Waals surface area contributed by atoms with Gasteiger partial charge in [0.05, 0.1) is 0 Å². The topological polar surface area (TPSA) is 155 Å². The highest BCUT2D eigenvalue weighted by molar-refractivity contribution is 6.04. The van der Waals surface area contributed by atoms with E-state index in [9.17, 15) is 4.79 Å². The molecule has 0 aliphatic carbocycles. The second kappa shape index (κ2) is 7.82. The number of nitrogens with two attached hydrogens (primary N) is 3. The van der Waals surface area contributed by atoms with Gasteiger partial charge in [-0.1, -0.05) is 12.8 Å². The number of nitrogen functional groups attached to an aromatic ring is 1. The number of carbonyl (C=O) groups is 1. The molecule has 0 atom stereocenters. The third-order valence-electron chi connectivity index (χ3n) is 4.89. The standard InChI is InChI=1S/C19H23N7O3/c20-16-15(18(27)25-19(21)22)23-14(11-5-6-12-13(9-11)29-10-28-12)17(24-16)26-7-3-1-2-4-8-26/h5-6,9H,1-4,7-8,10H2,(H2,20,24)(H4,21,22,25,27). The van der Waals surface area contributed by atoms with Crippen molar-refractivity contribution in [3.05, 3.63) is 23.9 Å². The summed E-state index contributed by atoms with van der Waals surface area (Å²) in [6.45, 7) is 1.85. The van der Waals surface area contributed by atoms with E-state index in [-0.39, 0.29) is 24.3 Å². The van der Waals surface area contributed by atoms with Crippen LogP contribution in [0.2, 0.25) is 0 Å². The largest absolute Gasteiger partial charge is 0.454 e. The molecular formula is C19H23N7O3. The van der Waals surface area contributed by atoms with E-state index in [0.29, 0.717) is 23.0 Å². The molecule has 1 amide bonds. The lowest BCUT2D eigenvalue weighted by Crippen LogP contribution is -2.27. The molecule has 29 heavy (non-hydrogen) atoms. The van der Waals surface area contributed by atoms with Crippen LogP contribution in [0, 0.1) is 0 Å². The number of fused-ring (bicyclic) bond motifs is 1. The Morgan fingerprint density at radius 2 is 1.76 bits per heavy atom. The molecule has 0 bridgehead atoms. The number of carbonyl (C=O) groups excluding carboxylic acids is 1. The van der Waals surface area contributed by atoms with Crippen LogP contribution in [0.3, 0.4) is 0 Å². The average molecular weight is 397 g/mol. The van der Waals surface area contributed by atoms with E-state index in [1.165, 1.54) is 12.8 Å². The van der Waals surface area contributed by atoms with Crippen LogP contribution in [0.1, 0.15) is 36.2 Å². The van der Waals surface area contributed by atoms with E-state index in [4.69, 9.17) is 26.7 Å². The monoisotopic (exact) mass is 397 g/mol. The molecule has 4 rings (SSSR count). The summed E-state index contributed by atoms with van der Waals surface area (Å²) in [5.74, 6) is 0.787. The number of hydrogen-bond acceptors (Lipinski definition) is 7. The molecule has 2 aliphatic heterocycles. The van der Waals surface area contributed by atoms with Gasteiger partial charge in [-0.15, -0.1) is 0 Å². The van der Waals surface area contributed by atoms with E-state index in [0.717, 1.165) is 31.5 Å². The quantitative estimate of drug-likeness (QED) is 0.512. The highest BCUT2D eigenvalue weighted by Crippen LogP contribution is 2.38. The van der Waals surface area contributed by atoms with Gasteiger partial charge in [-0.25, -0.2) is 9.97 Å². The molecule has 1 aromatic carbocycles. The van der Waals surface area contributed by atoms with Crippen molar-refractivity contribution in [2.45, 2.75) is 25.7 Å². The van der Waals surface area contributed by atoms with Crippen molar-refractivity contribution >= 4 is 23.5 Å². The minimum absolute atomic E-state index is 0.0104. The van der Waals surface area contributed by atoms with E-state index in [2.05, 4.69) is 19.9 Å². The zero-order valence-electron chi connectivity index (χ0n) is 15.9. The summed E-state index contributed by atoms with van der Waals surface area (Å²) < 4.78 is 10.9. The molecule has 6 N–H and O–H groups in total. The van der Waals surface area contributed by atoms with Crippen LogP contribution in [-0.4, -0.2) is 41.7 Å². The summed E-state index contributed by atoms with van der Waals surface area (Å²) in [6, 6.07) is 5.47. The maximum Gasteiger partial charge on any atom is 0.302 e. The predicted molar refractivity (Wildman–Crippen MR) is 109 cm³/mol. The zero-order chi connectivity index (χ0) is 20.4. The summed E-state index contributed by atoms with van der Waals surface area (Å²) >= 11 is 0. The van der Waals surface area contributed by atoms with Gasteiger partial charge in [0.1, 0.15) is 5.69 Å². The Kier molecular flexibility index (Phi) is 5.07. The molecule has 3 heterocycles. The Hall–Kier alpha value is -3.56. The van der Waals surface area contributed by atoms with Gasteiger partial charge in [-0.2, -0.15) is 4.99 Å². The molecule has 1 fully saturated rings. The zero-order valence-corrected chi connectivity index (χ0v) is 15.9. The molecule has 0 spiro atoms. The summed E-state index contributed by atoms with van der Waals surface area (Å²) in [4.78, 5) is 27.2. The number of guanidine groups is 1. The van der Waals surface area contributed by atoms with E-state index < -0.39 is 5.91 Å². The lowest BCUT2D eigenvalue weighted by atomic mass is 10.1. The van der Waals surface area contributed by atoms with Gasteiger partial charge in [-0.3, -0.25) is 4.79 Å². The van der Waals surface area contributed by atoms with Crippen LogP contribution >= 0.6 is 0 Å². The summed E-state index contributed by atoms with van der Waals surface area (Å²) in [6.07, 6.45) is 4.44. The minimum Gasteiger partial charge on any atom is -0.454 e. The van der Waals surface area contributed by atoms with Crippen molar-refractivity contribution in [1.82, 2.24) is 9.97 Å². The number of rotatable bonds is 3. The third kappa shape index (κ3) is 3.86. The smallest absolute Gasteiger partial charge is 0.302 e. The molecule has 2 aliphatic rings. The van der Waals surface area contributed by atoms with Gasteiger partial charge in [0, 0.05) is 18.7 Å². The molecule has 1 aromatic heterocycles. The summed E-state index contributed by atoms with van der Waals surface area (Å²) in [5.41, 5.74) is 17.9. The van der Waals surface area contributed by atoms with Crippen molar-refractivity contribution in [2.24, 2.45) is 16.5 Å². The number of benzene rings is 1. The fourth-order valence-corrected chi connectivity index (χ4v) is 3.51. The fraction of sp³-hybridized carbons (Fsp3) is 0.368. The van der Waals surface area contributed by atoms with Crippen molar-refractivity contribution in [2.75, 3.05) is 30.5 Å². The van der Waals surface area contributed by atoms with Crippen LogP contribution in [0.5, 0.6) is 11.5 Å². The number of aromatic nitrogens is 2. The van der Waals surface area contributed by atoms with Crippen molar-refractivity contribution in [3.63, 3.8) is 0 Å². The maximum absolute atomic E-state index is 12.4. The van der Waals surface area contributed by atoms with Gasteiger partial charge >= 0.3 is 5.91 Å². The minimum atomic E-state index is -0.737. The Morgan fingerprint density at radius 3 is 2.48 bits per heavy atom. The van der Waals surface area contributed by atoms with Gasteiger partial charge < -0.3 is 31.6 Å². The maximum atomic E-state index is 12.4. The summed E-state index contributed by atoms with van der Waals surface area (Å²) in [5, 5.41) is 0. The SMILES string of the molecule is NC(N)=NC(=O)c1nc(-c2ccc3c(c2)OCO3)c(N2CCCCCC2)nc1N. The van der Waals surface area contributed by atoms with Gasteiger partial charge in [-0.05, 0) is 31.0 Å². The highest BCUT2D eigenvalue weighted by atomic mass is 16.7. The molecule has 2 aromatic rings. The Morgan fingerprint density at radius 1 is 1.03 bits per heavy atom. The molecule has 152 valence electrons. The Balaban J connectivity index is 1.84. The normalized spacial score (nSPS) is 15.7. The number of ether oxygens (including phenoxy) is 2. The van der Waals surface area contributed by atoms with Gasteiger partial charge in [0.2, 0.25) is 6.79 Å². The number of aliphatic imine (C=N–C) groups is 1.